The van der Waals surface area contributed by atoms with Crippen LogP contribution in [-0.4, -0.2) is 38.1 Å². The Labute approximate surface area is 107 Å². The first-order valence-electron chi connectivity index (χ1n) is 7.10. The number of rotatable bonds is 6. The van der Waals surface area contributed by atoms with Crippen molar-refractivity contribution in [3.63, 3.8) is 0 Å². The molecule has 0 bridgehead atoms. The number of unbranched alkanes of at least 4 members (excludes halogenated alkanes) is 2. The zero-order valence-corrected chi connectivity index (χ0v) is 12.2. The summed E-state index contributed by atoms with van der Waals surface area (Å²) >= 11 is 0. The molecule has 0 radical (unpaired) electrons. The molecule has 0 spiro atoms. The minimum absolute atomic E-state index is 0.374. The Balaban J connectivity index is 2.17. The minimum Gasteiger partial charge on any atom is -0.320 e. The topological polar surface area (TPSA) is 15.3 Å². The highest BCUT2D eigenvalue weighted by Crippen LogP contribution is 2.29. The fraction of sp³-hybridized carbons (Fsp3) is 0.867. The SMILES string of the molecule is CNCCCCCN1CC=C(C(C)(C)C)CC1. The van der Waals surface area contributed by atoms with Crippen molar-refractivity contribution in [2.24, 2.45) is 5.41 Å². The van der Waals surface area contributed by atoms with E-state index in [2.05, 4.69) is 37.1 Å². The van der Waals surface area contributed by atoms with Crippen LogP contribution in [0.5, 0.6) is 0 Å². The number of nitrogens with zero attached hydrogens (tertiary/aromatic N) is 1. The van der Waals surface area contributed by atoms with Gasteiger partial charge in [0.2, 0.25) is 0 Å². The summed E-state index contributed by atoms with van der Waals surface area (Å²) < 4.78 is 0. The third kappa shape index (κ3) is 5.69. The molecule has 0 amide bonds. The maximum atomic E-state index is 3.21. The van der Waals surface area contributed by atoms with Crippen molar-refractivity contribution in [1.82, 2.24) is 10.2 Å². The Morgan fingerprint density at radius 1 is 1.24 bits per heavy atom. The van der Waals surface area contributed by atoms with Gasteiger partial charge in [0, 0.05) is 13.1 Å². The van der Waals surface area contributed by atoms with Crippen LogP contribution < -0.4 is 5.32 Å². The molecule has 0 atom stereocenters. The van der Waals surface area contributed by atoms with Crippen LogP contribution in [0, 0.1) is 5.41 Å². The van der Waals surface area contributed by atoms with Crippen LogP contribution in [0.2, 0.25) is 0 Å². The second-order valence-electron chi connectivity index (χ2n) is 6.19. The van der Waals surface area contributed by atoms with Crippen molar-refractivity contribution in [2.45, 2.75) is 46.5 Å². The summed E-state index contributed by atoms with van der Waals surface area (Å²) in [5, 5.41) is 3.21. The highest BCUT2D eigenvalue weighted by molar-refractivity contribution is 5.14. The van der Waals surface area contributed by atoms with Gasteiger partial charge in [-0.2, -0.15) is 0 Å². The van der Waals surface area contributed by atoms with Crippen molar-refractivity contribution in [2.75, 3.05) is 33.2 Å². The summed E-state index contributed by atoms with van der Waals surface area (Å²) in [6.45, 7) is 11.8. The summed E-state index contributed by atoms with van der Waals surface area (Å²) in [5.74, 6) is 0. The minimum atomic E-state index is 0.374. The van der Waals surface area contributed by atoms with E-state index in [9.17, 15) is 0 Å². The van der Waals surface area contributed by atoms with Gasteiger partial charge in [-0.25, -0.2) is 0 Å². The average Bonchev–Trinajstić information content (AvgIpc) is 2.28. The maximum Gasteiger partial charge on any atom is 0.0166 e. The molecule has 1 heterocycles. The molecular weight excluding hydrogens is 208 g/mol. The van der Waals surface area contributed by atoms with Gasteiger partial charge < -0.3 is 5.32 Å². The Hall–Kier alpha value is -0.340. The lowest BCUT2D eigenvalue weighted by molar-refractivity contribution is 0.272. The largest absolute Gasteiger partial charge is 0.320 e. The molecule has 0 saturated heterocycles. The Bertz CT molecular complexity index is 238. The molecular formula is C15H30N2. The molecule has 0 saturated carbocycles. The van der Waals surface area contributed by atoms with E-state index in [0.717, 1.165) is 6.54 Å². The van der Waals surface area contributed by atoms with Gasteiger partial charge >= 0.3 is 0 Å². The first-order chi connectivity index (χ1) is 8.04. The summed E-state index contributed by atoms with van der Waals surface area (Å²) in [5.41, 5.74) is 2.02. The fourth-order valence-corrected chi connectivity index (χ4v) is 2.41. The molecule has 1 aliphatic rings. The molecule has 0 aliphatic carbocycles. The van der Waals surface area contributed by atoms with E-state index in [1.165, 1.54) is 45.3 Å². The second kappa shape index (κ2) is 7.17. The number of nitrogens with one attached hydrogen (secondary N) is 1. The first-order valence-corrected chi connectivity index (χ1v) is 7.10. The molecule has 0 unspecified atom stereocenters. The Morgan fingerprint density at radius 2 is 2.00 bits per heavy atom. The average molecular weight is 238 g/mol. The molecule has 100 valence electrons. The van der Waals surface area contributed by atoms with Crippen molar-refractivity contribution < 1.29 is 0 Å². The third-order valence-electron chi connectivity index (χ3n) is 3.66. The molecule has 1 rings (SSSR count). The normalized spacial score (nSPS) is 18.2. The number of hydrogen-bond donors (Lipinski definition) is 1. The highest BCUT2D eigenvalue weighted by atomic mass is 15.1. The standard InChI is InChI=1S/C15H30N2/c1-15(2,3)14-8-12-17(13-9-14)11-7-5-6-10-16-4/h8,16H,5-7,9-13H2,1-4H3. The predicted molar refractivity (Wildman–Crippen MR) is 76.4 cm³/mol. The molecule has 0 aromatic heterocycles. The molecule has 2 nitrogen and oxygen atoms in total. The smallest absolute Gasteiger partial charge is 0.0166 e. The molecule has 0 fully saturated rings. The van der Waals surface area contributed by atoms with E-state index in [0.29, 0.717) is 5.41 Å². The van der Waals surface area contributed by atoms with Crippen molar-refractivity contribution >= 4 is 0 Å². The van der Waals surface area contributed by atoms with Crippen LogP contribution in [0.1, 0.15) is 46.5 Å². The summed E-state index contributed by atoms with van der Waals surface area (Å²) in [7, 11) is 2.03. The molecule has 17 heavy (non-hydrogen) atoms. The van der Waals surface area contributed by atoms with E-state index in [-0.39, 0.29) is 0 Å². The zero-order chi connectivity index (χ0) is 12.7. The molecule has 0 aromatic rings. The zero-order valence-electron chi connectivity index (χ0n) is 12.2. The molecule has 0 aromatic carbocycles. The Kier molecular flexibility index (Phi) is 6.21. The van der Waals surface area contributed by atoms with E-state index >= 15 is 0 Å². The van der Waals surface area contributed by atoms with Crippen LogP contribution in [0.3, 0.4) is 0 Å². The van der Waals surface area contributed by atoms with Crippen LogP contribution >= 0.6 is 0 Å². The van der Waals surface area contributed by atoms with Gasteiger partial charge in [0.1, 0.15) is 0 Å². The van der Waals surface area contributed by atoms with Crippen molar-refractivity contribution in [1.29, 1.82) is 0 Å². The third-order valence-corrected chi connectivity index (χ3v) is 3.66. The van der Waals surface area contributed by atoms with E-state index < -0.39 is 0 Å². The molecule has 2 heteroatoms. The highest BCUT2D eigenvalue weighted by Gasteiger charge is 2.20. The summed E-state index contributed by atoms with van der Waals surface area (Å²) in [4.78, 5) is 2.59. The van der Waals surface area contributed by atoms with Crippen LogP contribution in [0.15, 0.2) is 11.6 Å². The lowest BCUT2D eigenvalue weighted by Gasteiger charge is -2.32. The van der Waals surface area contributed by atoms with Gasteiger partial charge in [-0.15, -0.1) is 0 Å². The van der Waals surface area contributed by atoms with Gasteiger partial charge in [-0.1, -0.05) is 38.8 Å². The van der Waals surface area contributed by atoms with Crippen molar-refractivity contribution in [3.8, 4) is 0 Å². The van der Waals surface area contributed by atoms with E-state index in [1.807, 2.05) is 7.05 Å². The van der Waals surface area contributed by atoms with Gasteiger partial charge in [0.05, 0.1) is 0 Å². The van der Waals surface area contributed by atoms with Crippen LogP contribution in [0.4, 0.5) is 0 Å². The van der Waals surface area contributed by atoms with Crippen LogP contribution in [0.25, 0.3) is 0 Å². The molecule has 1 N–H and O–H groups in total. The van der Waals surface area contributed by atoms with Gasteiger partial charge in [0.15, 0.2) is 0 Å². The van der Waals surface area contributed by atoms with E-state index in [4.69, 9.17) is 0 Å². The first kappa shape index (κ1) is 14.7. The lowest BCUT2D eigenvalue weighted by atomic mass is 9.83. The lowest BCUT2D eigenvalue weighted by Crippen LogP contribution is -2.32. The maximum absolute atomic E-state index is 3.21. The van der Waals surface area contributed by atoms with E-state index in [1.54, 1.807) is 5.57 Å². The summed E-state index contributed by atoms with van der Waals surface area (Å²) in [6.07, 6.45) is 7.73. The van der Waals surface area contributed by atoms with Gasteiger partial charge in [0.25, 0.3) is 0 Å². The summed E-state index contributed by atoms with van der Waals surface area (Å²) in [6, 6.07) is 0. The monoisotopic (exact) mass is 238 g/mol. The molecule has 1 aliphatic heterocycles. The van der Waals surface area contributed by atoms with Crippen molar-refractivity contribution in [3.05, 3.63) is 11.6 Å². The fourth-order valence-electron chi connectivity index (χ4n) is 2.41. The number of hydrogen-bond acceptors (Lipinski definition) is 2. The Morgan fingerprint density at radius 3 is 2.53 bits per heavy atom. The predicted octanol–water partition coefficient (Wildman–Crippen LogP) is 3.05. The van der Waals surface area contributed by atoms with Gasteiger partial charge in [-0.05, 0) is 44.8 Å². The second-order valence-corrected chi connectivity index (χ2v) is 6.19. The van der Waals surface area contributed by atoms with Gasteiger partial charge in [-0.3, -0.25) is 4.90 Å². The quantitative estimate of drug-likeness (QED) is 0.565. The van der Waals surface area contributed by atoms with Crippen LogP contribution in [-0.2, 0) is 0 Å².